The van der Waals surface area contributed by atoms with E-state index in [1.165, 1.54) is 0 Å². The van der Waals surface area contributed by atoms with Gasteiger partial charge in [0.1, 0.15) is 19.8 Å². The Kier molecular flexibility index (Phi) is 4.71. The highest BCUT2D eigenvalue weighted by Crippen LogP contribution is 2.03. The minimum absolute atomic E-state index is 0.182. The van der Waals surface area contributed by atoms with Crippen molar-refractivity contribution < 1.29 is 20.7 Å². The number of benzene rings is 1. The van der Waals surface area contributed by atoms with Crippen LogP contribution in [0.25, 0.3) is 0 Å². The summed E-state index contributed by atoms with van der Waals surface area (Å²) in [7, 11) is 0. The van der Waals surface area contributed by atoms with Crippen molar-refractivity contribution in [3.05, 3.63) is 35.9 Å². The Morgan fingerprint density at radius 2 is 1.73 bits per heavy atom. The summed E-state index contributed by atoms with van der Waals surface area (Å²) in [5.74, 6) is 0. The molecule has 1 aromatic rings. The van der Waals surface area contributed by atoms with Crippen LogP contribution < -0.4 is 5.73 Å². The summed E-state index contributed by atoms with van der Waals surface area (Å²) >= 11 is 0. The maximum absolute atomic E-state index is 8.98. The van der Waals surface area contributed by atoms with Crippen LogP contribution in [0.5, 0.6) is 0 Å². The lowest BCUT2D eigenvalue weighted by Gasteiger charge is -2.20. The second kappa shape index (κ2) is 5.82. The smallest absolute Gasteiger partial charge is 0.165 e. The monoisotopic (exact) mass is 212 g/mol. The molecule has 5 N–H and O–H groups in total. The predicted octanol–water partition coefficient (Wildman–Crippen LogP) is -0.831. The molecule has 15 heavy (non-hydrogen) atoms. The van der Waals surface area contributed by atoms with Gasteiger partial charge in [-0.2, -0.15) is 0 Å². The van der Waals surface area contributed by atoms with Gasteiger partial charge in [0.05, 0.1) is 6.61 Å². The lowest BCUT2D eigenvalue weighted by atomic mass is 10.1. The fraction of sp³-hybridized carbons (Fsp3) is 0.455. The van der Waals surface area contributed by atoms with E-state index < -0.39 is 5.54 Å². The summed E-state index contributed by atoms with van der Waals surface area (Å²) in [5, 5.41) is 18.0. The van der Waals surface area contributed by atoms with E-state index >= 15 is 0 Å². The summed E-state index contributed by atoms with van der Waals surface area (Å²) in [6, 6.07) is 9.74. The van der Waals surface area contributed by atoms with E-state index in [0.717, 1.165) is 5.56 Å². The summed E-state index contributed by atoms with van der Waals surface area (Å²) in [6.07, 6.45) is 0. The normalized spacial score (nSPS) is 11.7. The molecule has 0 aliphatic rings. The Morgan fingerprint density at radius 1 is 1.13 bits per heavy atom. The van der Waals surface area contributed by atoms with Gasteiger partial charge in [0, 0.05) is 0 Å². The van der Waals surface area contributed by atoms with Crippen molar-refractivity contribution in [2.24, 2.45) is 0 Å². The van der Waals surface area contributed by atoms with Crippen LogP contribution in [-0.4, -0.2) is 35.6 Å². The summed E-state index contributed by atoms with van der Waals surface area (Å²) in [4.78, 5) is 0. The number of hydrogen-bond acceptors (Lipinski definition) is 3. The number of ether oxygens (including phenoxy) is 1. The highest BCUT2D eigenvalue weighted by molar-refractivity contribution is 5.13. The zero-order valence-electron chi connectivity index (χ0n) is 8.72. The zero-order chi connectivity index (χ0) is 11.1. The average Bonchev–Trinajstić information content (AvgIpc) is 2.30. The van der Waals surface area contributed by atoms with Crippen molar-refractivity contribution in [1.29, 1.82) is 0 Å². The first-order valence-corrected chi connectivity index (χ1v) is 4.89. The molecule has 0 saturated heterocycles. The van der Waals surface area contributed by atoms with Crippen LogP contribution in [0.15, 0.2) is 30.3 Å². The minimum atomic E-state index is -0.797. The first-order valence-electron chi connectivity index (χ1n) is 4.89. The SMILES string of the molecule is [NH3+]C(CO)(CO)COCc1ccccc1. The van der Waals surface area contributed by atoms with Gasteiger partial charge in [-0.3, -0.25) is 0 Å². The third kappa shape index (κ3) is 3.97. The van der Waals surface area contributed by atoms with Crippen LogP contribution in [0.1, 0.15) is 5.56 Å². The molecule has 0 atom stereocenters. The molecule has 4 nitrogen and oxygen atoms in total. The van der Waals surface area contributed by atoms with Gasteiger partial charge in [0.2, 0.25) is 0 Å². The Labute approximate surface area is 89.3 Å². The van der Waals surface area contributed by atoms with E-state index in [-0.39, 0.29) is 19.8 Å². The van der Waals surface area contributed by atoms with Crippen LogP contribution >= 0.6 is 0 Å². The molecule has 0 saturated carbocycles. The van der Waals surface area contributed by atoms with Crippen LogP contribution in [0.4, 0.5) is 0 Å². The van der Waals surface area contributed by atoms with E-state index in [1.54, 1.807) is 0 Å². The number of hydrogen-bond donors (Lipinski definition) is 3. The molecule has 0 aliphatic carbocycles. The third-order valence-corrected chi connectivity index (χ3v) is 2.19. The molecule has 84 valence electrons. The van der Waals surface area contributed by atoms with Gasteiger partial charge in [-0.1, -0.05) is 30.3 Å². The van der Waals surface area contributed by atoms with E-state index in [1.807, 2.05) is 30.3 Å². The van der Waals surface area contributed by atoms with Crippen molar-refractivity contribution in [3.63, 3.8) is 0 Å². The number of rotatable bonds is 6. The molecule has 0 unspecified atom stereocenters. The van der Waals surface area contributed by atoms with Crippen molar-refractivity contribution in [1.82, 2.24) is 0 Å². The second-order valence-corrected chi connectivity index (χ2v) is 3.79. The van der Waals surface area contributed by atoms with E-state index in [9.17, 15) is 0 Å². The molecule has 0 heterocycles. The van der Waals surface area contributed by atoms with E-state index in [2.05, 4.69) is 5.73 Å². The molecule has 0 bridgehead atoms. The average molecular weight is 212 g/mol. The Morgan fingerprint density at radius 3 is 2.27 bits per heavy atom. The lowest BCUT2D eigenvalue weighted by molar-refractivity contribution is -0.496. The summed E-state index contributed by atoms with van der Waals surface area (Å²) < 4.78 is 5.38. The Hall–Kier alpha value is -0.940. The standard InChI is InChI=1S/C11H17NO3/c12-11(7-13,8-14)9-15-6-10-4-2-1-3-5-10/h1-5,13-14H,6-9,12H2/p+1. The van der Waals surface area contributed by atoms with Crippen molar-refractivity contribution in [2.45, 2.75) is 12.1 Å². The van der Waals surface area contributed by atoms with Crippen LogP contribution in [0.3, 0.4) is 0 Å². The van der Waals surface area contributed by atoms with Gasteiger partial charge in [-0.05, 0) is 5.56 Å². The Balaban J connectivity index is 2.33. The molecule has 0 spiro atoms. The fourth-order valence-corrected chi connectivity index (χ4v) is 1.10. The highest BCUT2D eigenvalue weighted by Gasteiger charge is 2.27. The largest absolute Gasteiger partial charge is 0.390 e. The van der Waals surface area contributed by atoms with Gasteiger partial charge >= 0.3 is 0 Å². The van der Waals surface area contributed by atoms with Gasteiger partial charge in [0.15, 0.2) is 5.54 Å². The molecule has 0 amide bonds. The van der Waals surface area contributed by atoms with Crippen molar-refractivity contribution >= 4 is 0 Å². The summed E-state index contributed by atoms with van der Waals surface area (Å²) in [5.41, 5.74) is 3.98. The number of aliphatic hydroxyl groups is 2. The van der Waals surface area contributed by atoms with E-state index in [0.29, 0.717) is 6.61 Å². The second-order valence-electron chi connectivity index (χ2n) is 3.79. The zero-order valence-corrected chi connectivity index (χ0v) is 8.72. The molecule has 4 heteroatoms. The van der Waals surface area contributed by atoms with Gasteiger partial charge in [-0.15, -0.1) is 0 Å². The maximum atomic E-state index is 8.98. The Bertz CT molecular complexity index is 272. The van der Waals surface area contributed by atoms with Crippen molar-refractivity contribution in [2.75, 3.05) is 19.8 Å². The molecule has 0 aromatic heterocycles. The van der Waals surface area contributed by atoms with Gasteiger partial charge in [0.25, 0.3) is 0 Å². The molecule has 0 radical (unpaired) electrons. The summed E-state index contributed by atoms with van der Waals surface area (Å²) in [6.45, 7) is 0.351. The maximum Gasteiger partial charge on any atom is 0.165 e. The van der Waals surface area contributed by atoms with Crippen LogP contribution in [-0.2, 0) is 11.3 Å². The molecular formula is C11H18NO3+. The number of aliphatic hydroxyl groups excluding tert-OH is 2. The molecule has 0 aliphatic heterocycles. The van der Waals surface area contributed by atoms with E-state index in [4.69, 9.17) is 14.9 Å². The first kappa shape index (κ1) is 12.1. The van der Waals surface area contributed by atoms with Gasteiger partial charge < -0.3 is 20.7 Å². The highest BCUT2D eigenvalue weighted by atomic mass is 16.5. The van der Waals surface area contributed by atoms with Crippen LogP contribution in [0, 0.1) is 0 Å². The molecular weight excluding hydrogens is 194 g/mol. The predicted molar refractivity (Wildman–Crippen MR) is 55.9 cm³/mol. The molecule has 1 aromatic carbocycles. The minimum Gasteiger partial charge on any atom is -0.390 e. The topological polar surface area (TPSA) is 77.3 Å². The quantitative estimate of drug-likeness (QED) is 0.576. The van der Waals surface area contributed by atoms with Crippen molar-refractivity contribution in [3.8, 4) is 0 Å². The van der Waals surface area contributed by atoms with Gasteiger partial charge in [-0.25, -0.2) is 0 Å². The first-order chi connectivity index (χ1) is 7.20. The number of quaternary nitrogens is 1. The third-order valence-electron chi connectivity index (χ3n) is 2.19. The lowest BCUT2D eigenvalue weighted by Crippen LogP contribution is -2.78. The molecule has 1 rings (SSSR count). The fourth-order valence-electron chi connectivity index (χ4n) is 1.10. The molecule has 0 fully saturated rings. The van der Waals surface area contributed by atoms with Crippen LogP contribution in [0.2, 0.25) is 0 Å².